The van der Waals surface area contributed by atoms with E-state index in [4.69, 9.17) is 5.11 Å². The van der Waals surface area contributed by atoms with Crippen molar-refractivity contribution in [1.29, 1.82) is 0 Å². The molecule has 3 N–H and O–H groups in total. The minimum Gasteiger partial charge on any atom is -0.396 e. The monoisotopic (exact) mass is 252 g/mol. The van der Waals surface area contributed by atoms with Gasteiger partial charge in [0.25, 0.3) is 0 Å². The lowest BCUT2D eigenvalue weighted by Crippen LogP contribution is -2.35. The predicted octanol–water partition coefficient (Wildman–Crippen LogP) is 2.04. The first-order valence-electron chi connectivity index (χ1n) is 6.27. The van der Waals surface area contributed by atoms with Crippen molar-refractivity contribution in [3.05, 3.63) is 11.8 Å². The molecule has 0 aromatic carbocycles. The molecule has 1 unspecified atom stereocenters. The van der Waals surface area contributed by atoms with Crippen molar-refractivity contribution in [2.45, 2.75) is 40.2 Å². The van der Waals surface area contributed by atoms with Gasteiger partial charge in [0.2, 0.25) is 5.95 Å². The van der Waals surface area contributed by atoms with E-state index in [9.17, 15) is 0 Å². The van der Waals surface area contributed by atoms with E-state index in [1.54, 1.807) is 13.2 Å². The average molecular weight is 252 g/mol. The van der Waals surface area contributed by atoms with Crippen molar-refractivity contribution in [3.63, 3.8) is 0 Å². The number of aromatic nitrogens is 2. The Bertz CT molecular complexity index is 387. The van der Waals surface area contributed by atoms with Crippen LogP contribution in [0.3, 0.4) is 0 Å². The van der Waals surface area contributed by atoms with Crippen LogP contribution >= 0.6 is 0 Å². The first-order valence-corrected chi connectivity index (χ1v) is 6.27. The molecule has 0 saturated heterocycles. The molecule has 0 radical (unpaired) electrons. The van der Waals surface area contributed by atoms with Crippen LogP contribution in [0.4, 0.5) is 11.8 Å². The van der Waals surface area contributed by atoms with E-state index in [1.807, 2.05) is 6.92 Å². The SMILES string of the molecule is CNc1ncc(C)c(NC(CCO)C(C)(C)C)n1. The fourth-order valence-corrected chi connectivity index (χ4v) is 1.72. The molecule has 1 atom stereocenters. The van der Waals surface area contributed by atoms with E-state index in [1.165, 1.54) is 0 Å². The third kappa shape index (κ3) is 3.84. The van der Waals surface area contributed by atoms with Crippen LogP contribution in [0.1, 0.15) is 32.8 Å². The van der Waals surface area contributed by atoms with E-state index in [0.717, 1.165) is 11.4 Å². The lowest BCUT2D eigenvalue weighted by Gasteiger charge is -2.32. The van der Waals surface area contributed by atoms with Crippen LogP contribution in [0.15, 0.2) is 6.20 Å². The van der Waals surface area contributed by atoms with Crippen molar-refractivity contribution in [3.8, 4) is 0 Å². The van der Waals surface area contributed by atoms with Gasteiger partial charge in [0.05, 0.1) is 0 Å². The van der Waals surface area contributed by atoms with E-state index < -0.39 is 0 Å². The molecule has 1 aromatic rings. The summed E-state index contributed by atoms with van der Waals surface area (Å²) in [6.45, 7) is 8.58. The van der Waals surface area contributed by atoms with Crippen LogP contribution in [0.25, 0.3) is 0 Å². The molecule has 0 amide bonds. The van der Waals surface area contributed by atoms with Crippen LogP contribution in [-0.4, -0.2) is 34.8 Å². The first-order chi connectivity index (χ1) is 8.38. The molecule has 0 saturated carbocycles. The molecule has 102 valence electrons. The summed E-state index contributed by atoms with van der Waals surface area (Å²) in [5.41, 5.74) is 1.06. The number of aliphatic hydroxyl groups excluding tert-OH is 1. The summed E-state index contributed by atoms with van der Waals surface area (Å²) >= 11 is 0. The Kier molecular flexibility index (Phi) is 4.90. The number of hydrogen-bond donors (Lipinski definition) is 3. The molecule has 0 aliphatic carbocycles. The summed E-state index contributed by atoms with van der Waals surface area (Å²) in [6.07, 6.45) is 2.49. The first kappa shape index (κ1) is 14.7. The van der Waals surface area contributed by atoms with Crippen LogP contribution in [-0.2, 0) is 0 Å². The van der Waals surface area contributed by atoms with Gasteiger partial charge in [0.15, 0.2) is 0 Å². The predicted molar refractivity (Wildman–Crippen MR) is 74.9 cm³/mol. The zero-order valence-electron chi connectivity index (χ0n) is 11.9. The Morgan fingerprint density at radius 3 is 2.56 bits per heavy atom. The molecule has 0 aliphatic heterocycles. The quantitative estimate of drug-likeness (QED) is 0.748. The lowest BCUT2D eigenvalue weighted by molar-refractivity contribution is 0.235. The number of nitrogens with zero attached hydrogens (tertiary/aromatic N) is 2. The fourth-order valence-electron chi connectivity index (χ4n) is 1.72. The van der Waals surface area contributed by atoms with Crippen LogP contribution in [0, 0.1) is 12.3 Å². The summed E-state index contributed by atoms with van der Waals surface area (Å²) in [5.74, 6) is 1.42. The summed E-state index contributed by atoms with van der Waals surface area (Å²) < 4.78 is 0. The summed E-state index contributed by atoms with van der Waals surface area (Å²) in [7, 11) is 1.80. The fraction of sp³-hybridized carbons (Fsp3) is 0.692. The molecule has 0 fully saturated rings. The Morgan fingerprint density at radius 2 is 2.06 bits per heavy atom. The average Bonchev–Trinajstić information content (AvgIpc) is 2.30. The molecule has 5 nitrogen and oxygen atoms in total. The van der Waals surface area contributed by atoms with Crippen molar-refractivity contribution in [1.82, 2.24) is 9.97 Å². The highest BCUT2D eigenvalue weighted by Gasteiger charge is 2.24. The van der Waals surface area contributed by atoms with Crippen molar-refractivity contribution >= 4 is 11.8 Å². The smallest absolute Gasteiger partial charge is 0.224 e. The van der Waals surface area contributed by atoms with E-state index in [2.05, 4.69) is 41.4 Å². The van der Waals surface area contributed by atoms with Gasteiger partial charge in [-0.25, -0.2) is 4.98 Å². The highest BCUT2D eigenvalue weighted by Crippen LogP contribution is 2.26. The number of hydrogen-bond acceptors (Lipinski definition) is 5. The van der Waals surface area contributed by atoms with Crippen LogP contribution in [0.5, 0.6) is 0 Å². The van der Waals surface area contributed by atoms with Crippen molar-refractivity contribution in [2.75, 3.05) is 24.3 Å². The second-order valence-corrected chi connectivity index (χ2v) is 5.55. The second kappa shape index (κ2) is 6.00. The molecule has 5 heteroatoms. The molecule has 1 heterocycles. The van der Waals surface area contributed by atoms with Crippen LogP contribution < -0.4 is 10.6 Å². The van der Waals surface area contributed by atoms with E-state index >= 15 is 0 Å². The van der Waals surface area contributed by atoms with Crippen molar-refractivity contribution in [2.24, 2.45) is 5.41 Å². The number of anilines is 2. The summed E-state index contributed by atoms with van der Waals surface area (Å²) in [4.78, 5) is 8.57. The van der Waals surface area contributed by atoms with Gasteiger partial charge in [0, 0.05) is 31.5 Å². The maximum absolute atomic E-state index is 9.16. The number of aliphatic hydroxyl groups is 1. The molecule has 0 spiro atoms. The largest absolute Gasteiger partial charge is 0.396 e. The standard InChI is InChI=1S/C13H24N4O/c1-9-8-15-12(14-5)17-11(9)16-10(6-7-18)13(2,3)4/h8,10,18H,6-7H2,1-5H3,(H2,14,15,16,17). The number of aryl methyl sites for hydroxylation is 1. The Balaban J connectivity index is 2.92. The Hall–Kier alpha value is -1.36. The van der Waals surface area contributed by atoms with Gasteiger partial charge >= 0.3 is 0 Å². The van der Waals surface area contributed by atoms with Gasteiger partial charge in [-0.1, -0.05) is 20.8 Å². The van der Waals surface area contributed by atoms with Gasteiger partial charge in [-0.05, 0) is 18.8 Å². The normalized spacial score (nSPS) is 13.2. The molecule has 18 heavy (non-hydrogen) atoms. The molecule has 0 aliphatic rings. The van der Waals surface area contributed by atoms with Gasteiger partial charge in [-0.2, -0.15) is 4.98 Å². The van der Waals surface area contributed by atoms with E-state index in [-0.39, 0.29) is 18.1 Å². The lowest BCUT2D eigenvalue weighted by atomic mass is 9.85. The zero-order chi connectivity index (χ0) is 13.8. The molecular formula is C13H24N4O. The minimum absolute atomic E-state index is 0.0555. The molecule has 0 bridgehead atoms. The third-order valence-corrected chi connectivity index (χ3v) is 2.97. The minimum atomic E-state index is 0.0555. The highest BCUT2D eigenvalue weighted by molar-refractivity contribution is 5.47. The maximum atomic E-state index is 9.16. The highest BCUT2D eigenvalue weighted by atomic mass is 16.3. The van der Waals surface area contributed by atoms with Gasteiger partial charge in [0.1, 0.15) is 5.82 Å². The molecule has 1 rings (SSSR count). The van der Waals surface area contributed by atoms with Gasteiger partial charge in [-0.15, -0.1) is 0 Å². The zero-order valence-corrected chi connectivity index (χ0v) is 11.9. The molecular weight excluding hydrogens is 228 g/mol. The molecule has 1 aromatic heterocycles. The Morgan fingerprint density at radius 1 is 1.39 bits per heavy atom. The van der Waals surface area contributed by atoms with E-state index in [0.29, 0.717) is 12.4 Å². The summed E-state index contributed by atoms with van der Waals surface area (Å²) in [6, 6.07) is 0.167. The van der Waals surface area contributed by atoms with Crippen LogP contribution in [0.2, 0.25) is 0 Å². The van der Waals surface area contributed by atoms with Crippen molar-refractivity contribution < 1.29 is 5.11 Å². The summed E-state index contributed by atoms with van der Waals surface area (Å²) in [5, 5.41) is 15.5. The number of nitrogens with one attached hydrogen (secondary N) is 2. The Labute approximate surface area is 109 Å². The maximum Gasteiger partial charge on any atom is 0.224 e. The third-order valence-electron chi connectivity index (χ3n) is 2.97. The topological polar surface area (TPSA) is 70.1 Å². The van der Waals surface area contributed by atoms with Gasteiger partial charge in [-0.3, -0.25) is 0 Å². The van der Waals surface area contributed by atoms with Gasteiger partial charge < -0.3 is 15.7 Å². The second-order valence-electron chi connectivity index (χ2n) is 5.55. The number of rotatable bonds is 5.